The molecule has 0 amide bonds. The van der Waals surface area contributed by atoms with Crippen molar-refractivity contribution in [3.8, 4) is 5.75 Å². The van der Waals surface area contributed by atoms with E-state index in [1.165, 1.54) is 10.1 Å². The molecule has 2 aromatic carbocycles. The van der Waals surface area contributed by atoms with E-state index in [4.69, 9.17) is 4.74 Å². The number of benzene rings is 2. The van der Waals surface area contributed by atoms with Crippen molar-refractivity contribution in [2.24, 2.45) is 0 Å². The molecule has 0 atom stereocenters. The lowest BCUT2D eigenvalue weighted by Gasteiger charge is -2.09. The predicted octanol–water partition coefficient (Wildman–Crippen LogP) is 5.06. The summed E-state index contributed by atoms with van der Waals surface area (Å²) in [4.78, 5) is 11.1. The molecule has 0 fully saturated rings. The largest absolute Gasteiger partial charge is 0.487 e. The third kappa shape index (κ3) is 2.49. The van der Waals surface area contributed by atoms with Crippen LogP contribution >= 0.6 is 27.3 Å². The van der Waals surface area contributed by atoms with Gasteiger partial charge in [0.25, 0.3) is 0 Å². The normalized spacial score (nSPS) is 10.7. The number of ether oxygens (including phenoxy) is 1. The molecule has 0 spiro atoms. The third-order valence-corrected chi connectivity index (χ3v) is 4.69. The number of carbonyl (C=O) groups excluding carboxylic acids is 1. The van der Waals surface area contributed by atoms with E-state index in [-0.39, 0.29) is 0 Å². The number of rotatable bonds is 4. The zero-order valence-corrected chi connectivity index (χ0v) is 12.9. The van der Waals surface area contributed by atoms with Crippen LogP contribution in [0.3, 0.4) is 0 Å². The quantitative estimate of drug-likeness (QED) is 0.617. The van der Waals surface area contributed by atoms with Crippen LogP contribution in [-0.4, -0.2) is 6.29 Å². The van der Waals surface area contributed by atoms with Crippen LogP contribution in [0.5, 0.6) is 5.75 Å². The zero-order chi connectivity index (χ0) is 13.9. The molecule has 0 unspecified atom stereocenters. The first-order valence-electron chi connectivity index (χ1n) is 6.11. The van der Waals surface area contributed by atoms with E-state index in [2.05, 4.69) is 33.4 Å². The number of hydrogen-bond acceptors (Lipinski definition) is 3. The maximum absolute atomic E-state index is 11.1. The van der Waals surface area contributed by atoms with Crippen LogP contribution in [0.4, 0.5) is 0 Å². The van der Waals surface area contributed by atoms with Crippen LogP contribution < -0.4 is 4.74 Å². The van der Waals surface area contributed by atoms with Crippen molar-refractivity contribution >= 4 is 43.6 Å². The van der Waals surface area contributed by atoms with Gasteiger partial charge in [0.05, 0.1) is 10.0 Å². The minimum atomic E-state index is 0.452. The number of halogens is 1. The van der Waals surface area contributed by atoms with Crippen LogP contribution in [-0.2, 0) is 6.61 Å². The Balaban J connectivity index is 1.89. The molecule has 3 aromatic rings. The summed E-state index contributed by atoms with van der Waals surface area (Å²) >= 11 is 5.12. The molecule has 20 heavy (non-hydrogen) atoms. The average molecular weight is 347 g/mol. The van der Waals surface area contributed by atoms with Gasteiger partial charge >= 0.3 is 0 Å². The first-order valence-corrected chi connectivity index (χ1v) is 7.78. The van der Waals surface area contributed by atoms with Crippen molar-refractivity contribution in [1.82, 2.24) is 0 Å². The Hall–Kier alpha value is -1.65. The van der Waals surface area contributed by atoms with E-state index < -0.39 is 0 Å². The highest BCUT2D eigenvalue weighted by molar-refractivity contribution is 9.10. The molecule has 0 aliphatic heterocycles. The summed E-state index contributed by atoms with van der Waals surface area (Å²) < 4.78 is 7.88. The van der Waals surface area contributed by atoms with Crippen molar-refractivity contribution < 1.29 is 9.53 Å². The van der Waals surface area contributed by atoms with Gasteiger partial charge in [-0.3, -0.25) is 4.79 Å². The first-order chi connectivity index (χ1) is 9.79. The first kappa shape index (κ1) is 13.3. The Labute approximate surface area is 129 Å². The second kappa shape index (κ2) is 5.77. The molecule has 0 N–H and O–H groups in total. The minimum absolute atomic E-state index is 0.452. The van der Waals surface area contributed by atoms with Crippen LogP contribution in [0, 0.1) is 0 Å². The third-order valence-electron chi connectivity index (χ3n) is 3.06. The van der Waals surface area contributed by atoms with Gasteiger partial charge < -0.3 is 4.74 Å². The minimum Gasteiger partial charge on any atom is -0.487 e. The number of carbonyl (C=O) groups is 1. The van der Waals surface area contributed by atoms with E-state index >= 15 is 0 Å². The van der Waals surface area contributed by atoms with Crippen LogP contribution in [0.1, 0.15) is 15.9 Å². The zero-order valence-electron chi connectivity index (χ0n) is 10.5. The fourth-order valence-corrected chi connectivity index (χ4v) is 3.51. The lowest BCUT2D eigenvalue weighted by molar-refractivity contribution is 0.111. The molecule has 0 radical (unpaired) electrons. The molecule has 4 heteroatoms. The van der Waals surface area contributed by atoms with E-state index in [1.54, 1.807) is 17.4 Å². The Kier molecular flexibility index (Phi) is 3.85. The molecule has 3 rings (SSSR count). The molecular weight excluding hydrogens is 336 g/mol. The smallest absolute Gasteiger partial charge is 0.153 e. The van der Waals surface area contributed by atoms with Gasteiger partial charge in [-0.2, -0.15) is 0 Å². The summed E-state index contributed by atoms with van der Waals surface area (Å²) in [5, 5.41) is 3.31. The van der Waals surface area contributed by atoms with Gasteiger partial charge in [-0.25, -0.2) is 0 Å². The van der Waals surface area contributed by atoms with Gasteiger partial charge in [0, 0.05) is 10.3 Å². The van der Waals surface area contributed by atoms with E-state index in [9.17, 15) is 4.79 Å². The lowest BCUT2D eigenvalue weighted by atomic mass is 10.2. The van der Waals surface area contributed by atoms with Crippen molar-refractivity contribution in [2.75, 3.05) is 0 Å². The number of thiophene rings is 1. The molecule has 0 saturated carbocycles. The van der Waals surface area contributed by atoms with Gasteiger partial charge in [0.1, 0.15) is 12.4 Å². The summed E-state index contributed by atoms with van der Waals surface area (Å²) in [6.45, 7) is 0.452. The molecule has 0 aliphatic rings. The highest BCUT2D eigenvalue weighted by atomic mass is 79.9. The van der Waals surface area contributed by atoms with Crippen LogP contribution in [0.2, 0.25) is 0 Å². The summed E-state index contributed by atoms with van der Waals surface area (Å²) in [6, 6.07) is 13.7. The van der Waals surface area contributed by atoms with E-state index in [1.807, 2.05) is 24.3 Å². The second-order valence-corrected chi connectivity index (χ2v) is 6.09. The van der Waals surface area contributed by atoms with E-state index in [0.29, 0.717) is 17.9 Å². The number of para-hydroxylation sites is 1. The second-order valence-electron chi connectivity index (χ2n) is 4.32. The van der Waals surface area contributed by atoms with Crippen molar-refractivity contribution in [3.05, 3.63) is 63.4 Å². The summed E-state index contributed by atoms with van der Waals surface area (Å²) in [5.74, 6) is 0.595. The van der Waals surface area contributed by atoms with Crippen molar-refractivity contribution in [3.63, 3.8) is 0 Å². The molecule has 1 aromatic heterocycles. The highest BCUT2D eigenvalue weighted by Crippen LogP contribution is 2.31. The van der Waals surface area contributed by atoms with Gasteiger partial charge in [-0.1, -0.05) is 24.3 Å². The topological polar surface area (TPSA) is 26.3 Å². The standard InChI is InChI=1S/C16H11BrO2S/c17-14-6-3-4-11(8-18)16(14)19-9-12-10-20-15-7-2-1-5-13(12)15/h1-8,10H,9H2. The molecule has 0 bridgehead atoms. The SMILES string of the molecule is O=Cc1cccc(Br)c1OCc1csc2ccccc12. The van der Waals surface area contributed by atoms with Gasteiger partial charge in [0.2, 0.25) is 0 Å². The van der Waals surface area contributed by atoms with Gasteiger partial charge in [-0.05, 0) is 44.9 Å². The lowest BCUT2D eigenvalue weighted by Crippen LogP contribution is -1.98. The molecule has 1 heterocycles. The van der Waals surface area contributed by atoms with Crippen LogP contribution in [0.25, 0.3) is 10.1 Å². The maximum atomic E-state index is 11.1. The monoisotopic (exact) mass is 346 g/mol. The number of hydrogen-bond donors (Lipinski definition) is 0. The van der Waals surface area contributed by atoms with Gasteiger partial charge in [0.15, 0.2) is 6.29 Å². The maximum Gasteiger partial charge on any atom is 0.153 e. The Morgan fingerprint density at radius 3 is 2.85 bits per heavy atom. The summed E-state index contributed by atoms with van der Waals surface area (Å²) in [7, 11) is 0. The molecule has 100 valence electrons. The van der Waals surface area contributed by atoms with Crippen molar-refractivity contribution in [1.29, 1.82) is 0 Å². The molecule has 0 aliphatic carbocycles. The number of aldehydes is 1. The summed E-state index contributed by atoms with van der Waals surface area (Å²) in [6.07, 6.45) is 0.811. The molecule has 2 nitrogen and oxygen atoms in total. The highest BCUT2D eigenvalue weighted by Gasteiger charge is 2.09. The Morgan fingerprint density at radius 2 is 2.00 bits per heavy atom. The predicted molar refractivity (Wildman–Crippen MR) is 85.7 cm³/mol. The Bertz CT molecular complexity index is 764. The average Bonchev–Trinajstić information content (AvgIpc) is 2.89. The molecule has 0 saturated heterocycles. The molecular formula is C16H11BrO2S. The van der Waals surface area contributed by atoms with Crippen molar-refractivity contribution in [2.45, 2.75) is 6.61 Å². The Morgan fingerprint density at radius 1 is 1.15 bits per heavy atom. The van der Waals surface area contributed by atoms with E-state index in [0.717, 1.165) is 16.3 Å². The summed E-state index contributed by atoms with van der Waals surface area (Å²) in [5.41, 5.74) is 1.69. The fraction of sp³-hybridized carbons (Fsp3) is 0.0625. The van der Waals surface area contributed by atoms with Gasteiger partial charge in [-0.15, -0.1) is 11.3 Å². The fourth-order valence-electron chi connectivity index (χ4n) is 2.07. The number of fused-ring (bicyclic) bond motifs is 1. The van der Waals surface area contributed by atoms with Crippen LogP contribution in [0.15, 0.2) is 52.3 Å².